The summed E-state index contributed by atoms with van der Waals surface area (Å²) in [4.78, 5) is 17.6. The maximum Gasteiger partial charge on any atom is 0.267 e. The number of carbonyl (C=O) groups excluding carboxylic acids is 1. The molecule has 1 aliphatic carbocycles. The first-order chi connectivity index (χ1) is 11.6. The zero-order valence-electron chi connectivity index (χ0n) is 13.5. The van der Waals surface area contributed by atoms with E-state index < -0.39 is 0 Å². The van der Waals surface area contributed by atoms with E-state index in [2.05, 4.69) is 10.3 Å². The molecular weight excluding hydrogens is 348 g/mol. The zero-order valence-corrected chi connectivity index (χ0v) is 15.1. The maximum atomic E-state index is 12.6. The molecule has 0 saturated heterocycles. The summed E-state index contributed by atoms with van der Waals surface area (Å²) in [6.07, 6.45) is 2.06. The Bertz CT molecular complexity index is 730. The van der Waals surface area contributed by atoms with Crippen molar-refractivity contribution in [2.45, 2.75) is 31.8 Å². The first kappa shape index (κ1) is 17.2. The number of halogens is 1. The topological polar surface area (TPSA) is 60.5 Å². The predicted molar refractivity (Wildman–Crippen MR) is 95.5 cm³/mol. The van der Waals surface area contributed by atoms with Gasteiger partial charge in [-0.2, -0.15) is 0 Å². The molecule has 1 saturated carbocycles. The summed E-state index contributed by atoms with van der Waals surface area (Å²) in [6, 6.07) is 5.17. The minimum absolute atomic E-state index is 0.141. The van der Waals surface area contributed by atoms with Crippen molar-refractivity contribution in [1.29, 1.82) is 0 Å². The Morgan fingerprint density at radius 2 is 2.29 bits per heavy atom. The lowest BCUT2D eigenvalue weighted by molar-refractivity contribution is 0.0921. The fourth-order valence-electron chi connectivity index (χ4n) is 2.44. The molecule has 1 unspecified atom stereocenters. The fourth-order valence-corrected chi connectivity index (χ4v) is 3.38. The van der Waals surface area contributed by atoms with Crippen LogP contribution < -0.4 is 10.1 Å². The van der Waals surface area contributed by atoms with Crippen molar-refractivity contribution in [3.63, 3.8) is 0 Å². The summed E-state index contributed by atoms with van der Waals surface area (Å²) in [6.45, 7) is 2.36. The van der Waals surface area contributed by atoms with Gasteiger partial charge in [0.2, 0.25) is 0 Å². The summed E-state index contributed by atoms with van der Waals surface area (Å²) >= 11 is 7.43. The van der Waals surface area contributed by atoms with Crippen LogP contribution in [-0.2, 0) is 4.74 Å². The summed E-state index contributed by atoms with van der Waals surface area (Å²) in [5.74, 6) is 0.814. The third-order valence-electron chi connectivity index (χ3n) is 3.68. The molecule has 1 amide bonds. The Hall–Kier alpha value is -1.63. The van der Waals surface area contributed by atoms with Crippen molar-refractivity contribution in [2.75, 3.05) is 19.0 Å². The van der Waals surface area contributed by atoms with E-state index in [1.165, 1.54) is 11.3 Å². The molecule has 0 bridgehead atoms. The first-order valence-electron chi connectivity index (χ1n) is 7.78. The van der Waals surface area contributed by atoms with Crippen molar-refractivity contribution in [2.24, 2.45) is 0 Å². The van der Waals surface area contributed by atoms with Gasteiger partial charge in [-0.05, 0) is 38.0 Å². The van der Waals surface area contributed by atoms with Crippen LogP contribution in [0.3, 0.4) is 0 Å². The number of ether oxygens (including phenoxy) is 2. The summed E-state index contributed by atoms with van der Waals surface area (Å²) in [5.41, 5.74) is 3.17. The Labute approximate surface area is 150 Å². The molecule has 0 aliphatic heterocycles. The van der Waals surface area contributed by atoms with Crippen molar-refractivity contribution < 1.29 is 14.3 Å². The monoisotopic (exact) mass is 366 g/mol. The molecule has 1 N–H and O–H groups in total. The van der Waals surface area contributed by atoms with Gasteiger partial charge in [-0.15, -0.1) is 11.3 Å². The Morgan fingerprint density at radius 3 is 3.00 bits per heavy atom. The molecule has 1 aromatic carbocycles. The highest BCUT2D eigenvalue weighted by Crippen LogP contribution is 2.42. The number of hydrogen-bond donors (Lipinski definition) is 1. The van der Waals surface area contributed by atoms with Gasteiger partial charge in [-0.25, -0.2) is 4.98 Å². The van der Waals surface area contributed by atoms with Gasteiger partial charge in [-0.3, -0.25) is 4.79 Å². The minimum Gasteiger partial charge on any atom is -0.486 e. The van der Waals surface area contributed by atoms with Crippen LogP contribution in [0.4, 0.5) is 5.69 Å². The highest BCUT2D eigenvalue weighted by Gasteiger charge is 2.30. The smallest absolute Gasteiger partial charge is 0.267 e. The number of hydrogen-bond acceptors (Lipinski definition) is 5. The maximum absolute atomic E-state index is 12.6. The molecular formula is C17H19ClN2O3S. The second kappa shape index (κ2) is 7.51. The number of anilines is 1. The lowest BCUT2D eigenvalue weighted by Crippen LogP contribution is -2.20. The van der Waals surface area contributed by atoms with E-state index in [4.69, 9.17) is 21.1 Å². The van der Waals surface area contributed by atoms with E-state index in [1.807, 2.05) is 6.92 Å². The van der Waals surface area contributed by atoms with E-state index in [1.54, 1.807) is 30.8 Å². The first-order valence-corrected chi connectivity index (χ1v) is 9.04. The average molecular weight is 367 g/mol. The lowest BCUT2D eigenvalue weighted by atomic mass is 10.2. The molecule has 5 nitrogen and oxygen atoms in total. The van der Waals surface area contributed by atoms with Gasteiger partial charge >= 0.3 is 0 Å². The Morgan fingerprint density at radius 1 is 1.50 bits per heavy atom. The number of aromatic nitrogens is 1. The second-order valence-electron chi connectivity index (χ2n) is 5.82. The molecule has 1 heterocycles. The molecule has 24 heavy (non-hydrogen) atoms. The van der Waals surface area contributed by atoms with Crippen molar-refractivity contribution >= 4 is 34.5 Å². The average Bonchev–Trinajstić information content (AvgIpc) is 3.27. The summed E-state index contributed by atoms with van der Waals surface area (Å²) in [5, 5.41) is 3.44. The Kier molecular flexibility index (Phi) is 5.38. The predicted octanol–water partition coefficient (Wildman–Crippen LogP) is 4.34. The van der Waals surface area contributed by atoms with Gasteiger partial charge in [-0.1, -0.05) is 11.6 Å². The number of nitrogens with zero attached hydrogens (tertiary/aromatic N) is 1. The molecule has 0 spiro atoms. The van der Waals surface area contributed by atoms with Crippen LogP contribution >= 0.6 is 22.9 Å². The van der Waals surface area contributed by atoms with Crippen molar-refractivity contribution in [1.82, 2.24) is 4.98 Å². The van der Waals surface area contributed by atoms with Gasteiger partial charge in [0.1, 0.15) is 16.7 Å². The quantitative estimate of drug-likeness (QED) is 0.791. The van der Waals surface area contributed by atoms with E-state index >= 15 is 0 Å². The van der Waals surface area contributed by atoms with E-state index in [0.29, 0.717) is 33.9 Å². The number of benzene rings is 1. The van der Waals surface area contributed by atoms with Gasteiger partial charge in [0, 0.05) is 18.1 Å². The second-order valence-corrected chi connectivity index (χ2v) is 7.11. The highest BCUT2D eigenvalue weighted by atomic mass is 35.5. The van der Waals surface area contributed by atoms with Gasteiger partial charge in [0.05, 0.1) is 23.5 Å². The normalized spacial score (nSPS) is 15.1. The third-order valence-corrected chi connectivity index (χ3v) is 4.76. The number of thiazole rings is 1. The number of methoxy groups -OCH3 is 1. The molecule has 1 aromatic heterocycles. The SMILES string of the molecule is COCC(C)Oc1ccc(Cl)cc1NC(=O)c1scnc1C1CC1. The van der Waals surface area contributed by atoms with Gasteiger partial charge < -0.3 is 14.8 Å². The highest BCUT2D eigenvalue weighted by molar-refractivity contribution is 7.12. The van der Waals surface area contributed by atoms with Gasteiger partial charge in [0.15, 0.2) is 0 Å². The van der Waals surface area contributed by atoms with E-state index in [-0.39, 0.29) is 12.0 Å². The van der Waals surface area contributed by atoms with Crippen LogP contribution in [0.5, 0.6) is 5.75 Å². The largest absolute Gasteiger partial charge is 0.486 e. The van der Waals surface area contributed by atoms with E-state index in [9.17, 15) is 4.79 Å². The van der Waals surface area contributed by atoms with Crippen LogP contribution in [0.1, 0.15) is 41.0 Å². The number of rotatable bonds is 7. The minimum atomic E-state index is -0.175. The van der Waals surface area contributed by atoms with Crippen molar-refractivity contribution in [3.05, 3.63) is 39.3 Å². The molecule has 2 aromatic rings. The molecule has 1 aliphatic rings. The van der Waals surface area contributed by atoms with Crippen LogP contribution in [0.2, 0.25) is 5.02 Å². The zero-order chi connectivity index (χ0) is 17.1. The molecule has 3 rings (SSSR count). The molecule has 0 radical (unpaired) electrons. The van der Waals surface area contributed by atoms with Crippen LogP contribution in [0.25, 0.3) is 0 Å². The number of amides is 1. The Balaban J connectivity index is 1.79. The number of carbonyl (C=O) groups is 1. The van der Waals surface area contributed by atoms with Crippen LogP contribution in [0.15, 0.2) is 23.7 Å². The molecule has 7 heteroatoms. The van der Waals surface area contributed by atoms with Gasteiger partial charge in [0.25, 0.3) is 5.91 Å². The number of nitrogens with one attached hydrogen (secondary N) is 1. The standard InChI is InChI=1S/C17H19ClN2O3S/c1-10(8-22-2)23-14-6-5-12(18)7-13(14)20-17(21)16-15(11-3-4-11)19-9-24-16/h5-7,9-11H,3-4,8H2,1-2H3,(H,20,21). The van der Waals surface area contributed by atoms with Crippen molar-refractivity contribution in [3.8, 4) is 5.75 Å². The molecule has 128 valence electrons. The summed E-state index contributed by atoms with van der Waals surface area (Å²) < 4.78 is 10.9. The lowest BCUT2D eigenvalue weighted by Gasteiger charge is -2.17. The molecule has 1 atom stereocenters. The van der Waals surface area contributed by atoms with Crippen LogP contribution in [-0.4, -0.2) is 30.7 Å². The third kappa shape index (κ3) is 4.06. The molecule has 1 fully saturated rings. The van der Waals surface area contributed by atoms with E-state index in [0.717, 1.165) is 18.5 Å². The summed E-state index contributed by atoms with van der Waals surface area (Å²) in [7, 11) is 1.62. The van der Waals surface area contributed by atoms with Crippen LogP contribution in [0, 0.1) is 0 Å². The fraction of sp³-hybridized carbons (Fsp3) is 0.412.